The van der Waals surface area contributed by atoms with E-state index in [9.17, 15) is 4.79 Å². The molecule has 0 saturated carbocycles. The summed E-state index contributed by atoms with van der Waals surface area (Å²) >= 11 is 1.58. The molecule has 3 aromatic rings. The van der Waals surface area contributed by atoms with Gasteiger partial charge >= 0.3 is 0 Å². The van der Waals surface area contributed by atoms with Crippen LogP contribution in [0.25, 0.3) is 20.2 Å². The summed E-state index contributed by atoms with van der Waals surface area (Å²) in [6.07, 6.45) is 1.19. The number of rotatable bonds is 4. The first-order chi connectivity index (χ1) is 10.2. The van der Waals surface area contributed by atoms with Crippen LogP contribution in [0.4, 0.5) is 0 Å². The van der Waals surface area contributed by atoms with E-state index in [0.29, 0.717) is 12.8 Å². The lowest BCUT2D eigenvalue weighted by molar-refractivity contribution is 0.299. The zero-order chi connectivity index (χ0) is 14.8. The third-order valence-electron chi connectivity index (χ3n) is 3.60. The third-order valence-corrected chi connectivity index (χ3v) is 4.72. The van der Waals surface area contributed by atoms with Crippen LogP contribution in [0.2, 0.25) is 0 Å². The van der Waals surface area contributed by atoms with Gasteiger partial charge in [-0.1, -0.05) is 12.1 Å². The van der Waals surface area contributed by atoms with Crippen LogP contribution < -0.4 is 5.43 Å². The van der Waals surface area contributed by atoms with E-state index in [2.05, 4.69) is 0 Å². The van der Waals surface area contributed by atoms with Crippen LogP contribution in [-0.2, 0) is 12.8 Å². The number of hydrogen-bond donors (Lipinski definition) is 2. The standard InChI is InChI=1S/C17H16O3S/c18-7-5-11-1-3-13-15(9-11)21-16-10-12(6-8-19)2-4-14(16)17(13)20/h1-4,9-10,18-19H,5-8H2. The minimum atomic E-state index is 0.0462. The maximum absolute atomic E-state index is 12.5. The Morgan fingerprint density at radius 1 is 0.810 bits per heavy atom. The fourth-order valence-electron chi connectivity index (χ4n) is 2.51. The lowest BCUT2D eigenvalue weighted by Gasteiger charge is -2.05. The van der Waals surface area contributed by atoms with Crippen molar-refractivity contribution in [2.24, 2.45) is 0 Å². The number of aliphatic hydroxyl groups is 2. The first-order valence-corrected chi connectivity index (χ1v) is 7.74. The number of benzene rings is 2. The molecule has 0 aliphatic heterocycles. The summed E-state index contributed by atoms with van der Waals surface area (Å²) in [5.74, 6) is 0. The second-order valence-electron chi connectivity index (χ2n) is 5.04. The molecule has 4 heteroatoms. The Morgan fingerprint density at radius 3 is 1.71 bits per heavy atom. The summed E-state index contributed by atoms with van der Waals surface area (Å²) < 4.78 is 1.89. The van der Waals surface area contributed by atoms with Crippen LogP contribution in [0, 0.1) is 0 Å². The van der Waals surface area contributed by atoms with E-state index in [1.165, 1.54) is 0 Å². The molecule has 0 atom stereocenters. The van der Waals surface area contributed by atoms with E-state index in [-0.39, 0.29) is 18.6 Å². The summed E-state index contributed by atoms with van der Waals surface area (Å²) in [5, 5.41) is 19.5. The van der Waals surface area contributed by atoms with Gasteiger partial charge in [0.15, 0.2) is 5.43 Å². The van der Waals surface area contributed by atoms with Gasteiger partial charge in [-0.25, -0.2) is 0 Å². The maximum Gasteiger partial charge on any atom is 0.195 e. The highest BCUT2D eigenvalue weighted by atomic mass is 32.1. The predicted octanol–water partition coefficient (Wildman–Crippen LogP) is 2.48. The lowest BCUT2D eigenvalue weighted by Crippen LogP contribution is -2.02. The second-order valence-corrected chi connectivity index (χ2v) is 6.12. The molecule has 0 radical (unpaired) electrons. The highest BCUT2D eigenvalue weighted by Crippen LogP contribution is 2.26. The molecule has 0 aliphatic rings. The molecule has 0 saturated heterocycles. The van der Waals surface area contributed by atoms with Gasteiger partial charge in [0.2, 0.25) is 0 Å². The van der Waals surface area contributed by atoms with E-state index in [1.54, 1.807) is 11.3 Å². The Morgan fingerprint density at radius 2 is 1.29 bits per heavy atom. The van der Waals surface area contributed by atoms with Crippen molar-refractivity contribution in [1.29, 1.82) is 0 Å². The van der Waals surface area contributed by atoms with Gasteiger partial charge in [-0.3, -0.25) is 4.79 Å². The Balaban J connectivity index is 2.25. The summed E-state index contributed by atoms with van der Waals surface area (Å²) in [5.41, 5.74) is 2.11. The Hall–Kier alpha value is -1.75. The quantitative estimate of drug-likeness (QED) is 0.728. The van der Waals surface area contributed by atoms with Crippen molar-refractivity contribution in [2.75, 3.05) is 13.2 Å². The molecule has 1 aromatic heterocycles. The van der Waals surface area contributed by atoms with E-state index in [0.717, 1.165) is 31.3 Å². The summed E-state index contributed by atoms with van der Waals surface area (Å²) in [6.45, 7) is 0.212. The van der Waals surface area contributed by atoms with Gasteiger partial charge in [0.25, 0.3) is 0 Å². The summed E-state index contributed by atoms with van der Waals surface area (Å²) in [7, 11) is 0. The van der Waals surface area contributed by atoms with E-state index in [1.807, 2.05) is 36.4 Å². The topological polar surface area (TPSA) is 57.5 Å². The second kappa shape index (κ2) is 5.93. The predicted molar refractivity (Wildman–Crippen MR) is 87.2 cm³/mol. The normalized spacial score (nSPS) is 11.3. The molecular weight excluding hydrogens is 284 g/mol. The van der Waals surface area contributed by atoms with E-state index < -0.39 is 0 Å². The number of hydrogen-bond acceptors (Lipinski definition) is 4. The van der Waals surface area contributed by atoms with Crippen molar-refractivity contribution in [2.45, 2.75) is 12.8 Å². The fourth-order valence-corrected chi connectivity index (χ4v) is 3.71. The van der Waals surface area contributed by atoms with Crippen LogP contribution in [-0.4, -0.2) is 23.4 Å². The molecule has 0 bridgehead atoms. The molecule has 0 aliphatic carbocycles. The lowest BCUT2D eigenvalue weighted by atomic mass is 10.1. The van der Waals surface area contributed by atoms with Gasteiger partial charge in [-0.15, -0.1) is 11.3 Å². The van der Waals surface area contributed by atoms with E-state index >= 15 is 0 Å². The molecular formula is C17H16O3S. The Labute approximate surface area is 126 Å². The molecule has 108 valence electrons. The van der Waals surface area contributed by atoms with Gasteiger partial charge in [0.05, 0.1) is 0 Å². The van der Waals surface area contributed by atoms with Gasteiger partial charge in [0.1, 0.15) is 0 Å². The van der Waals surface area contributed by atoms with Crippen LogP contribution in [0.5, 0.6) is 0 Å². The van der Waals surface area contributed by atoms with Crippen LogP contribution in [0.3, 0.4) is 0 Å². The zero-order valence-corrected chi connectivity index (χ0v) is 12.3. The van der Waals surface area contributed by atoms with Gasteiger partial charge in [-0.05, 0) is 48.2 Å². The third kappa shape index (κ3) is 2.70. The molecule has 3 rings (SSSR count). The molecule has 0 unspecified atom stereocenters. The van der Waals surface area contributed by atoms with Crippen molar-refractivity contribution >= 4 is 31.5 Å². The zero-order valence-electron chi connectivity index (χ0n) is 11.5. The molecule has 2 N–H and O–H groups in total. The first-order valence-electron chi connectivity index (χ1n) is 6.93. The van der Waals surface area contributed by atoms with Crippen molar-refractivity contribution in [3.05, 3.63) is 57.7 Å². The average molecular weight is 300 g/mol. The highest BCUT2D eigenvalue weighted by molar-refractivity contribution is 7.24. The SMILES string of the molecule is O=c1c2ccc(CCO)cc2sc2cc(CCO)ccc12. The molecule has 0 fully saturated rings. The molecule has 2 aromatic carbocycles. The Kier molecular flexibility index (Phi) is 4.01. The molecule has 21 heavy (non-hydrogen) atoms. The van der Waals surface area contributed by atoms with Crippen molar-refractivity contribution < 1.29 is 10.2 Å². The molecule has 0 amide bonds. The fraction of sp³-hybridized carbons (Fsp3) is 0.235. The minimum Gasteiger partial charge on any atom is -0.396 e. The van der Waals surface area contributed by atoms with E-state index in [4.69, 9.17) is 10.2 Å². The molecule has 0 spiro atoms. The van der Waals surface area contributed by atoms with Gasteiger partial charge in [0, 0.05) is 33.4 Å². The smallest absolute Gasteiger partial charge is 0.195 e. The largest absolute Gasteiger partial charge is 0.396 e. The van der Waals surface area contributed by atoms with Crippen molar-refractivity contribution in [3.8, 4) is 0 Å². The summed E-state index contributed by atoms with van der Waals surface area (Å²) in [6, 6.07) is 11.5. The Bertz CT molecular complexity index is 785. The van der Waals surface area contributed by atoms with Crippen LogP contribution >= 0.6 is 11.3 Å². The summed E-state index contributed by atoms with van der Waals surface area (Å²) in [4.78, 5) is 12.5. The van der Waals surface area contributed by atoms with Crippen molar-refractivity contribution in [3.63, 3.8) is 0 Å². The van der Waals surface area contributed by atoms with Gasteiger partial charge < -0.3 is 10.2 Å². The number of fused-ring (bicyclic) bond motifs is 2. The number of aliphatic hydroxyl groups excluding tert-OH is 2. The van der Waals surface area contributed by atoms with Crippen molar-refractivity contribution in [1.82, 2.24) is 0 Å². The average Bonchev–Trinajstić information content (AvgIpc) is 2.48. The van der Waals surface area contributed by atoms with Gasteiger partial charge in [-0.2, -0.15) is 0 Å². The molecule has 3 nitrogen and oxygen atoms in total. The maximum atomic E-state index is 12.5. The van der Waals surface area contributed by atoms with Crippen LogP contribution in [0.1, 0.15) is 11.1 Å². The highest BCUT2D eigenvalue weighted by Gasteiger charge is 2.07. The van der Waals surface area contributed by atoms with Crippen LogP contribution in [0.15, 0.2) is 41.2 Å². The first kappa shape index (κ1) is 14.2. The minimum absolute atomic E-state index is 0.0462. The monoisotopic (exact) mass is 300 g/mol. The molecule has 1 heterocycles.